The van der Waals surface area contributed by atoms with Gasteiger partial charge >= 0.3 is 6.09 Å². The van der Waals surface area contributed by atoms with E-state index in [1.165, 1.54) is 0 Å². The number of alkyl carbamates (subject to hydrolysis) is 1. The molecule has 0 fully saturated rings. The van der Waals surface area contributed by atoms with E-state index in [1.807, 2.05) is 102 Å². The molecule has 0 saturated heterocycles. The van der Waals surface area contributed by atoms with Gasteiger partial charge in [-0.15, -0.1) is 0 Å². The molecule has 0 aliphatic heterocycles. The Balaban J connectivity index is 2.13. The maximum atomic E-state index is 13.5. The summed E-state index contributed by atoms with van der Waals surface area (Å²) in [6.07, 6.45) is -1.62. The Bertz CT molecular complexity index is 1240. The fourth-order valence-electron chi connectivity index (χ4n) is 4.77. The molecule has 2 unspecified atom stereocenters. The molecule has 2 rings (SSSR count). The summed E-state index contributed by atoms with van der Waals surface area (Å²) >= 11 is 0. The lowest BCUT2D eigenvalue weighted by atomic mass is 9.77. The topological polar surface area (TPSA) is 146 Å². The SMILES string of the molecule is CC(C)[C@H](NC(=O)OCc1ccccc1)C(=O)NC(Cc1ccccc1)C(O)CNC(=O)[C@H](CC(=O)NC(C)(C)C)C(C)(C)C. The first kappa shape index (κ1) is 37.3. The van der Waals surface area contributed by atoms with E-state index in [9.17, 15) is 24.3 Å². The summed E-state index contributed by atoms with van der Waals surface area (Å²) in [5.74, 6) is -2.01. The van der Waals surface area contributed by atoms with Crippen LogP contribution in [0.1, 0.15) is 72.9 Å². The standard InChI is InChI=1S/C35H52N4O6/c1-23(2)30(38-33(44)45-22-25-17-13-10-14-18-25)32(43)37-27(19-24-15-11-9-12-16-24)28(40)21-36-31(42)26(34(3,4)5)20-29(41)39-35(6,7)8/h9-18,23,26-28,30,40H,19-22H2,1-8H3,(H,36,42)(H,37,43)(H,38,44)(H,39,41)/t26-,27?,28?,30-/m0/s1. The van der Waals surface area contributed by atoms with Crippen molar-refractivity contribution in [3.8, 4) is 0 Å². The Labute approximate surface area is 268 Å². The lowest BCUT2D eigenvalue weighted by Crippen LogP contribution is -2.57. The maximum Gasteiger partial charge on any atom is 0.408 e. The van der Waals surface area contributed by atoms with Crippen molar-refractivity contribution in [2.45, 2.75) is 98.6 Å². The molecular weight excluding hydrogens is 572 g/mol. The van der Waals surface area contributed by atoms with Gasteiger partial charge in [0, 0.05) is 18.5 Å². The van der Waals surface area contributed by atoms with Crippen LogP contribution in [0.15, 0.2) is 60.7 Å². The van der Waals surface area contributed by atoms with Gasteiger partial charge in [-0.2, -0.15) is 0 Å². The molecule has 0 bridgehead atoms. The summed E-state index contributed by atoms with van der Waals surface area (Å²) in [5.41, 5.74) is 0.731. The number of hydrogen-bond donors (Lipinski definition) is 5. The molecule has 0 heterocycles. The predicted octanol–water partition coefficient (Wildman–Crippen LogP) is 4.11. The molecule has 45 heavy (non-hydrogen) atoms. The monoisotopic (exact) mass is 624 g/mol. The molecule has 4 atom stereocenters. The first-order valence-corrected chi connectivity index (χ1v) is 15.5. The fraction of sp³-hybridized carbons (Fsp3) is 0.543. The number of carbonyl (C=O) groups excluding carboxylic acids is 4. The number of nitrogens with one attached hydrogen (secondary N) is 4. The van der Waals surface area contributed by atoms with E-state index < -0.39 is 47.1 Å². The molecule has 0 spiro atoms. The number of rotatable bonds is 14. The Morgan fingerprint density at radius 1 is 0.800 bits per heavy atom. The Hall–Kier alpha value is -3.92. The predicted molar refractivity (Wildman–Crippen MR) is 175 cm³/mol. The molecular formula is C35H52N4O6. The van der Waals surface area contributed by atoms with Gasteiger partial charge in [0.15, 0.2) is 0 Å². The molecule has 248 valence electrons. The van der Waals surface area contributed by atoms with Gasteiger partial charge in [0.1, 0.15) is 12.6 Å². The van der Waals surface area contributed by atoms with E-state index in [1.54, 1.807) is 13.8 Å². The maximum absolute atomic E-state index is 13.5. The van der Waals surface area contributed by atoms with Crippen molar-refractivity contribution in [3.63, 3.8) is 0 Å². The highest BCUT2D eigenvalue weighted by Crippen LogP contribution is 2.29. The van der Waals surface area contributed by atoms with Gasteiger partial charge in [0.05, 0.1) is 18.1 Å². The highest BCUT2D eigenvalue weighted by Gasteiger charge is 2.35. The normalized spacial score (nSPS) is 14.4. The lowest BCUT2D eigenvalue weighted by molar-refractivity contribution is -0.134. The number of carbonyl (C=O) groups is 4. The highest BCUT2D eigenvalue weighted by molar-refractivity contribution is 5.87. The molecule has 4 amide bonds. The second-order valence-electron chi connectivity index (χ2n) is 14.0. The van der Waals surface area contributed by atoms with E-state index in [-0.39, 0.29) is 43.7 Å². The minimum Gasteiger partial charge on any atom is -0.445 e. The molecule has 0 aliphatic carbocycles. The van der Waals surface area contributed by atoms with Crippen LogP contribution < -0.4 is 21.3 Å². The number of aliphatic hydroxyl groups is 1. The minimum atomic E-state index is -1.17. The van der Waals surface area contributed by atoms with E-state index in [2.05, 4.69) is 21.3 Å². The van der Waals surface area contributed by atoms with Crippen LogP contribution in [0.4, 0.5) is 4.79 Å². The molecule has 10 heteroatoms. The average molecular weight is 625 g/mol. The van der Waals surface area contributed by atoms with E-state index >= 15 is 0 Å². The third-order valence-electron chi connectivity index (χ3n) is 7.28. The van der Waals surface area contributed by atoms with Gasteiger partial charge in [-0.25, -0.2) is 4.79 Å². The number of hydrogen-bond acceptors (Lipinski definition) is 6. The number of amides is 4. The largest absolute Gasteiger partial charge is 0.445 e. The Kier molecular flexibility index (Phi) is 14.0. The van der Waals surface area contributed by atoms with E-state index in [0.29, 0.717) is 0 Å². The zero-order chi connectivity index (χ0) is 33.8. The summed E-state index contributed by atoms with van der Waals surface area (Å²) < 4.78 is 5.32. The van der Waals surface area contributed by atoms with Crippen molar-refractivity contribution in [2.24, 2.45) is 17.3 Å². The van der Waals surface area contributed by atoms with Crippen LogP contribution >= 0.6 is 0 Å². The smallest absolute Gasteiger partial charge is 0.408 e. The van der Waals surface area contributed by atoms with Crippen LogP contribution in [-0.4, -0.2) is 59.2 Å². The van der Waals surface area contributed by atoms with Crippen LogP contribution in [0.2, 0.25) is 0 Å². The molecule has 2 aromatic rings. The summed E-state index contributed by atoms with van der Waals surface area (Å²) in [5, 5.41) is 22.5. The first-order valence-electron chi connectivity index (χ1n) is 15.5. The van der Waals surface area contributed by atoms with Crippen molar-refractivity contribution in [3.05, 3.63) is 71.8 Å². The molecule has 10 nitrogen and oxygen atoms in total. The highest BCUT2D eigenvalue weighted by atomic mass is 16.5. The Morgan fingerprint density at radius 2 is 1.36 bits per heavy atom. The minimum absolute atomic E-state index is 0.00497. The number of ether oxygens (including phenoxy) is 1. The van der Waals surface area contributed by atoms with Crippen molar-refractivity contribution >= 4 is 23.8 Å². The zero-order valence-electron chi connectivity index (χ0n) is 28.0. The average Bonchev–Trinajstić information content (AvgIpc) is 2.95. The number of aliphatic hydroxyl groups excluding tert-OH is 1. The van der Waals surface area contributed by atoms with Gasteiger partial charge in [0.2, 0.25) is 17.7 Å². The summed E-state index contributed by atoms with van der Waals surface area (Å²) in [4.78, 5) is 52.1. The summed E-state index contributed by atoms with van der Waals surface area (Å²) in [6.45, 7) is 14.8. The van der Waals surface area contributed by atoms with E-state index in [4.69, 9.17) is 4.74 Å². The zero-order valence-corrected chi connectivity index (χ0v) is 28.0. The van der Waals surface area contributed by atoms with Gasteiger partial charge < -0.3 is 31.1 Å². The third-order valence-corrected chi connectivity index (χ3v) is 7.28. The molecule has 0 saturated carbocycles. The lowest BCUT2D eigenvalue weighted by Gasteiger charge is -2.32. The third kappa shape index (κ3) is 13.7. The second kappa shape index (κ2) is 17.0. The van der Waals surface area contributed by atoms with Crippen LogP contribution in [0, 0.1) is 17.3 Å². The Morgan fingerprint density at radius 3 is 1.87 bits per heavy atom. The van der Waals surface area contributed by atoms with Crippen LogP contribution in [0.3, 0.4) is 0 Å². The summed E-state index contributed by atoms with van der Waals surface area (Å²) in [6, 6.07) is 16.8. The molecule has 0 radical (unpaired) electrons. The van der Waals surface area contributed by atoms with Crippen molar-refractivity contribution in [2.75, 3.05) is 6.54 Å². The van der Waals surface area contributed by atoms with Crippen molar-refractivity contribution in [1.82, 2.24) is 21.3 Å². The molecule has 2 aromatic carbocycles. The number of benzene rings is 2. The van der Waals surface area contributed by atoms with Gasteiger partial charge in [-0.05, 0) is 49.7 Å². The fourth-order valence-corrected chi connectivity index (χ4v) is 4.77. The van der Waals surface area contributed by atoms with Gasteiger partial charge in [0.25, 0.3) is 0 Å². The van der Waals surface area contributed by atoms with Crippen LogP contribution in [0.25, 0.3) is 0 Å². The molecule has 0 aromatic heterocycles. The molecule has 5 N–H and O–H groups in total. The van der Waals surface area contributed by atoms with Crippen molar-refractivity contribution in [1.29, 1.82) is 0 Å². The summed E-state index contributed by atoms with van der Waals surface area (Å²) in [7, 11) is 0. The van der Waals surface area contributed by atoms with Gasteiger partial charge in [-0.3, -0.25) is 14.4 Å². The van der Waals surface area contributed by atoms with Crippen LogP contribution in [-0.2, 0) is 32.1 Å². The van der Waals surface area contributed by atoms with E-state index in [0.717, 1.165) is 11.1 Å². The van der Waals surface area contributed by atoms with Crippen LogP contribution in [0.5, 0.6) is 0 Å². The van der Waals surface area contributed by atoms with Gasteiger partial charge in [-0.1, -0.05) is 95.3 Å². The van der Waals surface area contributed by atoms with Crippen molar-refractivity contribution < 1.29 is 29.0 Å². The molecule has 0 aliphatic rings. The quantitative estimate of drug-likeness (QED) is 0.214. The first-order chi connectivity index (χ1) is 21.0. The second-order valence-corrected chi connectivity index (χ2v) is 14.0.